The van der Waals surface area contributed by atoms with Crippen molar-refractivity contribution >= 4 is 34.8 Å². The number of nitrogens with one attached hydrogen (secondary N) is 2. The molecule has 3 nitrogen and oxygen atoms in total. The molecule has 2 N–H and O–H groups in total. The standard InChI is InChI=1S/C16H16Cl2N2O/c1-10(19-2)11-3-6-13(7-4-11)20-16(21)14-8-5-12(17)9-15(14)18/h3-10,19H,1-2H3,(H,20,21). The van der Waals surface area contributed by atoms with Crippen LogP contribution < -0.4 is 10.6 Å². The first-order chi connectivity index (χ1) is 10.0. The molecule has 0 saturated heterocycles. The lowest BCUT2D eigenvalue weighted by Crippen LogP contribution is -2.14. The Kier molecular flexibility index (Phi) is 5.23. The van der Waals surface area contributed by atoms with E-state index in [1.54, 1.807) is 18.2 Å². The molecule has 110 valence electrons. The van der Waals surface area contributed by atoms with Gasteiger partial charge in [0.15, 0.2) is 0 Å². The summed E-state index contributed by atoms with van der Waals surface area (Å²) in [4.78, 5) is 12.2. The summed E-state index contributed by atoms with van der Waals surface area (Å²) < 4.78 is 0. The first-order valence-corrected chi connectivity index (χ1v) is 7.30. The van der Waals surface area contributed by atoms with Crippen LogP contribution in [0.2, 0.25) is 10.0 Å². The monoisotopic (exact) mass is 322 g/mol. The minimum Gasteiger partial charge on any atom is -0.322 e. The summed E-state index contributed by atoms with van der Waals surface area (Å²) in [5, 5.41) is 6.81. The van der Waals surface area contributed by atoms with Gasteiger partial charge in [0.25, 0.3) is 5.91 Å². The molecule has 2 aromatic carbocycles. The average Bonchev–Trinajstić information content (AvgIpc) is 2.47. The number of hydrogen-bond acceptors (Lipinski definition) is 2. The Hall–Kier alpha value is -1.55. The smallest absolute Gasteiger partial charge is 0.257 e. The zero-order valence-corrected chi connectivity index (χ0v) is 13.3. The second kappa shape index (κ2) is 6.94. The van der Waals surface area contributed by atoms with Crippen LogP contribution in [-0.2, 0) is 0 Å². The molecule has 1 unspecified atom stereocenters. The van der Waals surface area contributed by atoms with E-state index in [4.69, 9.17) is 23.2 Å². The van der Waals surface area contributed by atoms with Gasteiger partial charge in [-0.1, -0.05) is 35.3 Å². The van der Waals surface area contributed by atoms with Crippen molar-refractivity contribution in [1.82, 2.24) is 5.32 Å². The third-order valence-corrected chi connectivity index (χ3v) is 3.83. The van der Waals surface area contributed by atoms with Crippen LogP contribution in [-0.4, -0.2) is 13.0 Å². The van der Waals surface area contributed by atoms with Crippen LogP contribution >= 0.6 is 23.2 Å². The number of halogens is 2. The van der Waals surface area contributed by atoms with Crippen molar-refractivity contribution in [1.29, 1.82) is 0 Å². The molecular weight excluding hydrogens is 307 g/mol. The largest absolute Gasteiger partial charge is 0.322 e. The number of amides is 1. The summed E-state index contributed by atoms with van der Waals surface area (Å²) >= 11 is 11.8. The highest BCUT2D eigenvalue weighted by molar-refractivity contribution is 6.37. The van der Waals surface area contributed by atoms with E-state index in [2.05, 4.69) is 17.6 Å². The quantitative estimate of drug-likeness (QED) is 0.868. The van der Waals surface area contributed by atoms with E-state index in [0.29, 0.717) is 15.6 Å². The van der Waals surface area contributed by atoms with Gasteiger partial charge in [-0.15, -0.1) is 0 Å². The first-order valence-electron chi connectivity index (χ1n) is 6.55. The van der Waals surface area contributed by atoms with Crippen molar-refractivity contribution < 1.29 is 4.79 Å². The van der Waals surface area contributed by atoms with Crippen LogP contribution in [0.5, 0.6) is 0 Å². The van der Waals surface area contributed by atoms with E-state index < -0.39 is 0 Å². The van der Waals surface area contributed by atoms with Crippen LogP contribution in [0.3, 0.4) is 0 Å². The molecule has 0 radical (unpaired) electrons. The lowest BCUT2D eigenvalue weighted by atomic mass is 10.1. The van der Waals surface area contributed by atoms with Gasteiger partial charge in [0.05, 0.1) is 10.6 Å². The Morgan fingerprint density at radius 3 is 2.33 bits per heavy atom. The third kappa shape index (κ3) is 3.97. The summed E-state index contributed by atoms with van der Waals surface area (Å²) in [5.74, 6) is -0.258. The third-order valence-electron chi connectivity index (χ3n) is 3.28. The summed E-state index contributed by atoms with van der Waals surface area (Å²) in [5.41, 5.74) is 2.27. The van der Waals surface area contributed by atoms with Gasteiger partial charge in [-0.25, -0.2) is 0 Å². The Balaban J connectivity index is 2.12. The number of rotatable bonds is 4. The van der Waals surface area contributed by atoms with Gasteiger partial charge < -0.3 is 10.6 Å². The van der Waals surface area contributed by atoms with E-state index in [1.165, 1.54) is 0 Å². The van der Waals surface area contributed by atoms with E-state index >= 15 is 0 Å². The van der Waals surface area contributed by atoms with Crippen molar-refractivity contribution in [2.45, 2.75) is 13.0 Å². The number of benzene rings is 2. The molecule has 5 heteroatoms. The Bertz CT molecular complexity index is 641. The number of carbonyl (C=O) groups excluding carboxylic acids is 1. The van der Waals surface area contributed by atoms with E-state index in [-0.39, 0.29) is 11.9 Å². The zero-order valence-electron chi connectivity index (χ0n) is 11.8. The van der Waals surface area contributed by atoms with Crippen molar-refractivity contribution in [2.24, 2.45) is 0 Å². The molecule has 0 saturated carbocycles. The Morgan fingerprint density at radius 1 is 1.10 bits per heavy atom. The minimum absolute atomic E-state index is 0.258. The maximum Gasteiger partial charge on any atom is 0.257 e. The van der Waals surface area contributed by atoms with Crippen LogP contribution in [0, 0.1) is 0 Å². The van der Waals surface area contributed by atoms with Crippen molar-refractivity contribution in [3.8, 4) is 0 Å². The van der Waals surface area contributed by atoms with E-state index in [1.807, 2.05) is 31.3 Å². The summed E-state index contributed by atoms with van der Waals surface area (Å²) in [6.45, 7) is 2.07. The highest BCUT2D eigenvalue weighted by atomic mass is 35.5. The van der Waals surface area contributed by atoms with Crippen molar-refractivity contribution in [3.05, 3.63) is 63.6 Å². The molecule has 0 heterocycles. The summed E-state index contributed by atoms with van der Waals surface area (Å²) in [6, 6.07) is 12.7. The molecule has 0 spiro atoms. The fourth-order valence-electron chi connectivity index (χ4n) is 1.89. The molecular formula is C16H16Cl2N2O. The second-order valence-corrected chi connectivity index (χ2v) is 5.55. The van der Waals surface area contributed by atoms with Gasteiger partial charge in [-0.3, -0.25) is 4.79 Å². The molecule has 1 atom stereocenters. The van der Waals surface area contributed by atoms with Gasteiger partial charge in [0.1, 0.15) is 0 Å². The van der Waals surface area contributed by atoms with E-state index in [9.17, 15) is 4.79 Å². The van der Waals surface area contributed by atoms with Crippen molar-refractivity contribution in [2.75, 3.05) is 12.4 Å². The van der Waals surface area contributed by atoms with Gasteiger partial charge >= 0.3 is 0 Å². The average molecular weight is 323 g/mol. The highest BCUT2D eigenvalue weighted by Crippen LogP contribution is 2.22. The predicted molar refractivity (Wildman–Crippen MR) is 88.3 cm³/mol. The molecule has 0 fully saturated rings. The summed E-state index contributed by atoms with van der Waals surface area (Å²) in [7, 11) is 1.91. The molecule has 2 rings (SSSR count). The van der Waals surface area contributed by atoms with Gasteiger partial charge in [-0.2, -0.15) is 0 Å². The minimum atomic E-state index is -0.258. The normalized spacial score (nSPS) is 12.0. The van der Waals surface area contributed by atoms with Crippen LogP contribution in [0.4, 0.5) is 5.69 Å². The lowest BCUT2D eigenvalue weighted by molar-refractivity contribution is 0.102. The molecule has 0 aliphatic heterocycles. The molecule has 0 aliphatic rings. The van der Waals surface area contributed by atoms with Crippen LogP contribution in [0.25, 0.3) is 0 Å². The number of hydrogen-bond donors (Lipinski definition) is 2. The first kappa shape index (κ1) is 15.8. The van der Waals surface area contributed by atoms with Gasteiger partial charge in [0, 0.05) is 16.8 Å². The molecule has 0 bridgehead atoms. The fourth-order valence-corrected chi connectivity index (χ4v) is 2.39. The van der Waals surface area contributed by atoms with Crippen LogP contribution in [0.1, 0.15) is 28.9 Å². The predicted octanol–water partition coefficient (Wildman–Crippen LogP) is 4.53. The van der Waals surface area contributed by atoms with Gasteiger partial charge in [0.2, 0.25) is 0 Å². The highest BCUT2D eigenvalue weighted by Gasteiger charge is 2.11. The molecule has 21 heavy (non-hydrogen) atoms. The summed E-state index contributed by atoms with van der Waals surface area (Å²) in [6.07, 6.45) is 0. The number of carbonyl (C=O) groups is 1. The lowest BCUT2D eigenvalue weighted by Gasteiger charge is -2.12. The molecule has 1 amide bonds. The maximum absolute atomic E-state index is 12.2. The molecule has 0 aromatic heterocycles. The van der Waals surface area contributed by atoms with Crippen molar-refractivity contribution in [3.63, 3.8) is 0 Å². The second-order valence-electron chi connectivity index (χ2n) is 4.71. The zero-order chi connectivity index (χ0) is 15.4. The molecule has 0 aliphatic carbocycles. The number of anilines is 1. The maximum atomic E-state index is 12.2. The Labute approximate surface area is 134 Å². The Morgan fingerprint density at radius 2 is 1.76 bits per heavy atom. The SMILES string of the molecule is CNC(C)c1ccc(NC(=O)c2ccc(Cl)cc2Cl)cc1. The van der Waals surface area contributed by atoms with Crippen LogP contribution in [0.15, 0.2) is 42.5 Å². The fraction of sp³-hybridized carbons (Fsp3) is 0.188. The van der Waals surface area contributed by atoms with E-state index in [0.717, 1.165) is 11.3 Å². The topological polar surface area (TPSA) is 41.1 Å². The molecule has 2 aromatic rings. The van der Waals surface area contributed by atoms with Gasteiger partial charge in [-0.05, 0) is 49.9 Å².